The van der Waals surface area contributed by atoms with Crippen LogP contribution in [0.1, 0.15) is 21.6 Å². The van der Waals surface area contributed by atoms with Crippen molar-refractivity contribution in [2.24, 2.45) is 0 Å². The highest BCUT2D eigenvalue weighted by Gasteiger charge is 2.17. The number of carbonyl (C=O) groups excluding carboxylic acids is 1. The van der Waals surface area contributed by atoms with Gasteiger partial charge in [-0.1, -0.05) is 18.2 Å². The maximum Gasteiger partial charge on any atom is 0.270 e. The third-order valence-corrected chi connectivity index (χ3v) is 4.38. The van der Waals surface area contributed by atoms with Crippen molar-refractivity contribution >= 4 is 17.3 Å². The fraction of sp³-hybridized carbons (Fsp3) is 0.182. The summed E-state index contributed by atoms with van der Waals surface area (Å²) in [5, 5.41) is 13.9. The number of anilines is 1. The number of rotatable bonds is 8. The first kappa shape index (κ1) is 20.8. The zero-order valence-corrected chi connectivity index (χ0v) is 16.7. The zero-order chi connectivity index (χ0) is 21.5. The number of non-ortho nitro benzene ring substituents is 1. The molecule has 2 aromatic carbocycles. The molecular formula is C22H22N4O4. The highest BCUT2D eigenvalue weighted by molar-refractivity contribution is 6.00. The van der Waals surface area contributed by atoms with Crippen LogP contribution in [-0.4, -0.2) is 29.9 Å². The Kier molecular flexibility index (Phi) is 6.59. The number of pyridine rings is 1. The average molecular weight is 406 g/mol. The summed E-state index contributed by atoms with van der Waals surface area (Å²) in [5.74, 6) is 0.277. The third-order valence-electron chi connectivity index (χ3n) is 4.38. The number of nitrogens with one attached hydrogen (secondary N) is 1. The van der Waals surface area contributed by atoms with Gasteiger partial charge in [-0.3, -0.25) is 19.9 Å². The van der Waals surface area contributed by atoms with E-state index in [0.717, 1.165) is 11.3 Å². The lowest BCUT2D eigenvalue weighted by Crippen LogP contribution is -2.25. The van der Waals surface area contributed by atoms with Crippen LogP contribution in [0.2, 0.25) is 0 Å². The fourth-order valence-corrected chi connectivity index (χ4v) is 2.87. The molecule has 0 aliphatic heterocycles. The van der Waals surface area contributed by atoms with Gasteiger partial charge in [0.2, 0.25) is 0 Å². The van der Waals surface area contributed by atoms with Crippen molar-refractivity contribution in [1.82, 2.24) is 10.3 Å². The van der Waals surface area contributed by atoms with Crippen molar-refractivity contribution in [2.45, 2.75) is 13.2 Å². The van der Waals surface area contributed by atoms with Gasteiger partial charge >= 0.3 is 0 Å². The first-order valence-electron chi connectivity index (χ1n) is 9.29. The van der Waals surface area contributed by atoms with E-state index in [1.54, 1.807) is 31.3 Å². The summed E-state index contributed by atoms with van der Waals surface area (Å²) in [7, 11) is 3.56. The lowest BCUT2D eigenvalue weighted by molar-refractivity contribution is -0.384. The van der Waals surface area contributed by atoms with E-state index in [1.165, 1.54) is 12.1 Å². The SMILES string of the molecule is CN(C)c1ccc([N+](=O)[O-])cc1C(=O)NCc1cccc(OCc2ccccn2)c1. The first-order chi connectivity index (χ1) is 14.4. The van der Waals surface area contributed by atoms with E-state index >= 15 is 0 Å². The summed E-state index contributed by atoms with van der Waals surface area (Å²) in [5.41, 5.74) is 2.38. The number of nitro groups is 1. The van der Waals surface area contributed by atoms with Crippen LogP contribution in [-0.2, 0) is 13.2 Å². The minimum Gasteiger partial charge on any atom is -0.487 e. The van der Waals surface area contributed by atoms with E-state index in [-0.39, 0.29) is 23.7 Å². The second-order valence-electron chi connectivity index (χ2n) is 6.79. The van der Waals surface area contributed by atoms with Gasteiger partial charge in [-0.25, -0.2) is 0 Å². The lowest BCUT2D eigenvalue weighted by atomic mass is 10.1. The number of ether oxygens (including phenoxy) is 1. The van der Waals surface area contributed by atoms with Crippen LogP contribution in [0.3, 0.4) is 0 Å². The topological polar surface area (TPSA) is 97.6 Å². The number of nitro benzene ring substituents is 1. The molecule has 1 aromatic heterocycles. The molecule has 30 heavy (non-hydrogen) atoms. The van der Waals surface area contributed by atoms with Crippen LogP contribution in [0, 0.1) is 10.1 Å². The Morgan fingerprint density at radius 3 is 2.67 bits per heavy atom. The second-order valence-corrected chi connectivity index (χ2v) is 6.79. The summed E-state index contributed by atoms with van der Waals surface area (Å²) in [4.78, 5) is 29.2. The molecule has 3 aromatic rings. The Morgan fingerprint density at radius 1 is 1.13 bits per heavy atom. The van der Waals surface area contributed by atoms with Crippen LogP contribution in [0.4, 0.5) is 11.4 Å². The van der Waals surface area contributed by atoms with Gasteiger partial charge in [-0.15, -0.1) is 0 Å². The molecule has 1 amide bonds. The molecule has 154 valence electrons. The molecule has 0 spiro atoms. The van der Waals surface area contributed by atoms with Gasteiger partial charge in [0.25, 0.3) is 11.6 Å². The predicted molar refractivity (Wildman–Crippen MR) is 114 cm³/mol. The van der Waals surface area contributed by atoms with Gasteiger partial charge in [0.1, 0.15) is 12.4 Å². The number of benzene rings is 2. The molecule has 0 aliphatic carbocycles. The molecule has 0 atom stereocenters. The summed E-state index contributed by atoms with van der Waals surface area (Å²) < 4.78 is 5.76. The highest BCUT2D eigenvalue weighted by atomic mass is 16.6. The van der Waals surface area contributed by atoms with Crippen LogP contribution in [0.5, 0.6) is 5.75 Å². The van der Waals surface area contributed by atoms with Crippen molar-refractivity contribution in [3.05, 3.63) is 93.8 Å². The predicted octanol–water partition coefficient (Wildman–Crippen LogP) is 3.56. The van der Waals surface area contributed by atoms with Crippen molar-refractivity contribution in [2.75, 3.05) is 19.0 Å². The quantitative estimate of drug-likeness (QED) is 0.454. The van der Waals surface area contributed by atoms with Crippen molar-refractivity contribution < 1.29 is 14.5 Å². The smallest absolute Gasteiger partial charge is 0.270 e. The van der Waals surface area contributed by atoms with Gasteiger partial charge in [0, 0.05) is 44.7 Å². The van der Waals surface area contributed by atoms with Gasteiger partial charge < -0.3 is 15.0 Å². The van der Waals surface area contributed by atoms with E-state index in [0.29, 0.717) is 18.0 Å². The Hall–Kier alpha value is -3.94. The Balaban J connectivity index is 1.67. The largest absolute Gasteiger partial charge is 0.487 e. The number of aromatic nitrogens is 1. The Labute approximate surface area is 174 Å². The molecule has 0 radical (unpaired) electrons. The normalized spacial score (nSPS) is 10.3. The van der Waals surface area contributed by atoms with Crippen LogP contribution in [0.15, 0.2) is 66.9 Å². The summed E-state index contributed by atoms with van der Waals surface area (Å²) in [6.07, 6.45) is 1.71. The van der Waals surface area contributed by atoms with Crippen molar-refractivity contribution in [3.8, 4) is 5.75 Å². The number of hydrogen-bond donors (Lipinski definition) is 1. The van der Waals surface area contributed by atoms with E-state index < -0.39 is 4.92 Å². The van der Waals surface area contributed by atoms with Crippen molar-refractivity contribution in [3.63, 3.8) is 0 Å². The van der Waals surface area contributed by atoms with Crippen LogP contribution < -0.4 is 15.0 Å². The molecule has 1 heterocycles. The fourth-order valence-electron chi connectivity index (χ4n) is 2.87. The van der Waals surface area contributed by atoms with E-state index in [4.69, 9.17) is 4.74 Å². The molecule has 0 bridgehead atoms. The molecule has 3 rings (SSSR count). The lowest BCUT2D eigenvalue weighted by Gasteiger charge is -2.17. The molecule has 0 fully saturated rings. The molecule has 0 unspecified atom stereocenters. The monoisotopic (exact) mass is 406 g/mol. The third kappa shape index (κ3) is 5.32. The van der Waals surface area contributed by atoms with Gasteiger partial charge in [-0.2, -0.15) is 0 Å². The maximum atomic E-state index is 12.7. The number of carbonyl (C=O) groups is 1. The molecule has 0 aliphatic rings. The van der Waals surface area contributed by atoms with Crippen LogP contribution >= 0.6 is 0 Å². The zero-order valence-electron chi connectivity index (χ0n) is 16.7. The Morgan fingerprint density at radius 2 is 1.97 bits per heavy atom. The maximum absolute atomic E-state index is 12.7. The minimum atomic E-state index is -0.515. The highest BCUT2D eigenvalue weighted by Crippen LogP contribution is 2.24. The van der Waals surface area contributed by atoms with E-state index in [1.807, 2.05) is 42.5 Å². The van der Waals surface area contributed by atoms with Gasteiger partial charge in [0.15, 0.2) is 0 Å². The van der Waals surface area contributed by atoms with Crippen molar-refractivity contribution in [1.29, 1.82) is 0 Å². The minimum absolute atomic E-state index is 0.129. The van der Waals surface area contributed by atoms with E-state index in [2.05, 4.69) is 10.3 Å². The number of amides is 1. The van der Waals surface area contributed by atoms with Crippen LogP contribution in [0.25, 0.3) is 0 Å². The molecule has 1 N–H and O–H groups in total. The average Bonchev–Trinajstić information content (AvgIpc) is 2.76. The van der Waals surface area contributed by atoms with Gasteiger partial charge in [-0.05, 0) is 35.9 Å². The number of nitrogens with zero attached hydrogens (tertiary/aromatic N) is 3. The van der Waals surface area contributed by atoms with E-state index in [9.17, 15) is 14.9 Å². The second kappa shape index (κ2) is 9.51. The first-order valence-corrected chi connectivity index (χ1v) is 9.29. The Bertz CT molecular complexity index is 1040. The summed E-state index contributed by atoms with van der Waals surface area (Å²) in [6, 6.07) is 17.2. The molecular weight excluding hydrogens is 384 g/mol. The molecule has 8 nitrogen and oxygen atoms in total. The molecule has 8 heteroatoms. The summed E-state index contributed by atoms with van der Waals surface area (Å²) >= 11 is 0. The summed E-state index contributed by atoms with van der Waals surface area (Å²) in [6.45, 7) is 0.603. The molecule has 0 saturated heterocycles. The van der Waals surface area contributed by atoms with Gasteiger partial charge in [0.05, 0.1) is 16.2 Å². The standard InChI is InChI=1S/C22H22N4O4/c1-25(2)21-10-9-18(26(28)29)13-20(21)22(27)24-14-16-6-5-8-19(12-16)30-15-17-7-3-4-11-23-17/h3-13H,14-15H2,1-2H3,(H,24,27). The number of hydrogen-bond acceptors (Lipinski definition) is 6. The molecule has 0 saturated carbocycles.